The zero-order valence-corrected chi connectivity index (χ0v) is 15.2. The summed E-state index contributed by atoms with van der Waals surface area (Å²) in [6.07, 6.45) is 6.44. The van der Waals surface area contributed by atoms with Gasteiger partial charge in [-0.2, -0.15) is 0 Å². The van der Waals surface area contributed by atoms with Crippen LogP contribution in [-0.4, -0.2) is 45.4 Å². The van der Waals surface area contributed by atoms with Gasteiger partial charge in [0.25, 0.3) is 5.91 Å². The number of ether oxygens (including phenoxy) is 2. The molecule has 0 radical (unpaired) electrons. The Bertz CT molecular complexity index is 462. The molecule has 0 bridgehead atoms. The van der Waals surface area contributed by atoms with Gasteiger partial charge in [-0.25, -0.2) is 0 Å². The van der Waals surface area contributed by atoms with Crippen LogP contribution in [0.4, 0.5) is 0 Å². The van der Waals surface area contributed by atoms with Gasteiger partial charge in [-0.1, -0.05) is 6.42 Å². The first-order chi connectivity index (χ1) is 11.3. The summed E-state index contributed by atoms with van der Waals surface area (Å²) in [4.78, 5) is 12.0. The normalized spacial score (nSPS) is 14.7. The van der Waals surface area contributed by atoms with Gasteiger partial charge in [0.1, 0.15) is 5.75 Å². The second kappa shape index (κ2) is 12.1. The minimum atomic E-state index is -0.0530. The third-order valence-electron chi connectivity index (χ3n) is 4.04. The minimum Gasteiger partial charge on any atom is -0.490 e. The molecule has 0 aromatic heterocycles. The summed E-state index contributed by atoms with van der Waals surface area (Å²) in [5.74, 6) is 0.803. The number of benzene rings is 1. The van der Waals surface area contributed by atoms with Crippen molar-refractivity contribution in [1.29, 1.82) is 0 Å². The Morgan fingerprint density at radius 1 is 1.08 bits per heavy atom. The quantitative estimate of drug-likeness (QED) is 0.668. The molecule has 1 fully saturated rings. The van der Waals surface area contributed by atoms with Gasteiger partial charge in [0, 0.05) is 32.3 Å². The molecule has 0 unspecified atom stereocenters. The molecular formula is C18H29ClN2O3. The van der Waals surface area contributed by atoms with Gasteiger partial charge in [-0.05, 0) is 49.9 Å². The maximum atomic E-state index is 12.0. The van der Waals surface area contributed by atoms with E-state index in [2.05, 4.69) is 10.6 Å². The molecule has 1 aliphatic rings. The van der Waals surface area contributed by atoms with Crippen molar-refractivity contribution in [1.82, 2.24) is 10.6 Å². The number of carbonyl (C=O) groups is 1. The summed E-state index contributed by atoms with van der Waals surface area (Å²) >= 11 is 0. The first kappa shape index (κ1) is 20.7. The van der Waals surface area contributed by atoms with Gasteiger partial charge in [-0.3, -0.25) is 4.79 Å². The Morgan fingerprint density at radius 3 is 2.46 bits per heavy atom. The van der Waals surface area contributed by atoms with Gasteiger partial charge in [-0.15, -0.1) is 12.4 Å². The highest BCUT2D eigenvalue weighted by Gasteiger charge is 2.15. The fourth-order valence-corrected chi connectivity index (χ4v) is 2.73. The summed E-state index contributed by atoms with van der Waals surface area (Å²) in [5.41, 5.74) is 0.665. The molecule has 1 amide bonds. The van der Waals surface area contributed by atoms with Crippen LogP contribution in [0.15, 0.2) is 24.3 Å². The minimum absolute atomic E-state index is 0. The molecule has 0 aliphatic heterocycles. The van der Waals surface area contributed by atoms with Gasteiger partial charge in [0.05, 0.1) is 12.7 Å². The number of carbonyl (C=O) groups excluding carboxylic acids is 1. The number of halogens is 1. The molecule has 0 spiro atoms. The molecule has 0 saturated heterocycles. The molecule has 1 aromatic rings. The highest BCUT2D eigenvalue weighted by atomic mass is 35.5. The third kappa shape index (κ3) is 7.51. The maximum absolute atomic E-state index is 12.0. The van der Waals surface area contributed by atoms with Crippen LogP contribution in [0.3, 0.4) is 0 Å². The summed E-state index contributed by atoms with van der Waals surface area (Å²) in [6.45, 7) is 2.80. The smallest absolute Gasteiger partial charge is 0.251 e. The third-order valence-corrected chi connectivity index (χ3v) is 4.04. The lowest BCUT2D eigenvalue weighted by molar-refractivity contribution is 0.0953. The van der Waals surface area contributed by atoms with Crippen LogP contribution in [-0.2, 0) is 4.74 Å². The number of hydrogen-bond acceptors (Lipinski definition) is 4. The highest BCUT2D eigenvalue weighted by Crippen LogP contribution is 2.23. The largest absolute Gasteiger partial charge is 0.490 e. The lowest BCUT2D eigenvalue weighted by Gasteiger charge is -2.23. The van der Waals surface area contributed by atoms with Crippen LogP contribution in [0.25, 0.3) is 0 Å². The second-order valence-electron chi connectivity index (χ2n) is 5.90. The van der Waals surface area contributed by atoms with E-state index in [0.717, 1.165) is 31.7 Å². The number of amides is 1. The van der Waals surface area contributed by atoms with E-state index in [1.807, 2.05) is 24.3 Å². The molecule has 5 nitrogen and oxygen atoms in total. The van der Waals surface area contributed by atoms with E-state index in [4.69, 9.17) is 9.47 Å². The number of methoxy groups -OCH3 is 1. The molecule has 2 rings (SSSR count). The monoisotopic (exact) mass is 356 g/mol. The SMILES string of the molecule is COCCNCCNC(=O)c1ccc(OC2CCCCC2)cc1.Cl. The maximum Gasteiger partial charge on any atom is 0.251 e. The summed E-state index contributed by atoms with van der Waals surface area (Å²) in [5, 5.41) is 6.08. The van der Waals surface area contributed by atoms with Gasteiger partial charge in [0.15, 0.2) is 0 Å². The lowest BCUT2D eigenvalue weighted by Crippen LogP contribution is -2.33. The van der Waals surface area contributed by atoms with Crippen LogP contribution in [0.5, 0.6) is 5.75 Å². The Labute approximate surface area is 150 Å². The number of rotatable bonds is 9. The van der Waals surface area contributed by atoms with E-state index in [9.17, 15) is 4.79 Å². The Morgan fingerprint density at radius 2 is 1.79 bits per heavy atom. The first-order valence-electron chi connectivity index (χ1n) is 8.54. The van der Waals surface area contributed by atoms with E-state index in [1.54, 1.807) is 7.11 Å². The molecule has 1 aromatic carbocycles. The van der Waals surface area contributed by atoms with E-state index in [1.165, 1.54) is 19.3 Å². The molecule has 1 aliphatic carbocycles. The van der Waals surface area contributed by atoms with Gasteiger partial charge in [0.2, 0.25) is 0 Å². The van der Waals surface area contributed by atoms with Crippen molar-refractivity contribution < 1.29 is 14.3 Å². The average molecular weight is 357 g/mol. The molecule has 0 atom stereocenters. The Balaban J connectivity index is 0.00000288. The van der Waals surface area contributed by atoms with Gasteiger partial charge >= 0.3 is 0 Å². The second-order valence-corrected chi connectivity index (χ2v) is 5.90. The Hall–Kier alpha value is -1.30. The van der Waals surface area contributed by atoms with Crippen molar-refractivity contribution in [2.75, 3.05) is 33.4 Å². The molecule has 1 saturated carbocycles. The molecule has 136 valence electrons. The summed E-state index contributed by atoms with van der Waals surface area (Å²) in [7, 11) is 1.67. The lowest BCUT2D eigenvalue weighted by atomic mass is 9.98. The van der Waals surface area contributed by atoms with Crippen molar-refractivity contribution in [3.8, 4) is 5.75 Å². The van der Waals surface area contributed by atoms with Crippen LogP contribution < -0.4 is 15.4 Å². The average Bonchev–Trinajstić information content (AvgIpc) is 2.59. The van der Waals surface area contributed by atoms with Crippen molar-refractivity contribution in [2.45, 2.75) is 38.2 Å². The molecule has 2 N–H and O–H groups in total. The number of nitrogens with one attached hydrogen (secondary N) is 2. The molecular weight excluding hydrogens is 328 g/mol. The molecule has 24 heavy (non-hydrogen) atoms. The first-order valence-corrected chi connectivity index (χ1v) is 8.54. The van der Waals surface area contributed by atoms with E-state index in [0.29, 0.717) is 24.8 Å². The van der Waals surface area contributed by atoms with Crippen molar-refractivity contribution in [3.63, 3.8) is 0 Å². The van der Waals surface area contributed by atoms with Crippen molar-refractivity contribution >= 4 is 18.3 Å². The predicted octanol–water partition coefficient (Wildman–Crippen LogP) is 2.79. The zero-order valence-electron chi connectivity index (χ0n) is 14.4. The summed E-state index contributed by atoms with van der Waals surface area (Å²) in [6, 6.07) is 7.43. The fourth-order valence-electron chi connectivity index (χ4n) is 2.73. The van der Waals surface area contributed by atoms with E-state index in [-0.39, 0.29) is 18.3 Å². The summed E-state index contributed by atoms with van der Waals surface area (Å²) < 4.78 is 10.9. The topological polar surface area (TPSA) is 59.6 Å². The molecule has 6 heteroatoms. The number of hydrogen-bond donors (Lipinski definition) is 2. The predicted molar refractivity (Wildman–Crippen MR) is 98.3 cm³/mol. The molecule has 0 heterocycles. The highest BCUT2D eigenvalue weighted by molar-refractivity contribution is 5.94. The van der Waals surface area contributed by atoms with Crippen LogP contribution in [0.2, 0.25) is 0 Å². The van der Waals surface area contributed by atoms with E-state index >= 15 is 0 Å². The van der Waals surface area contributed by atoms with Crippen molar-refractivity contribution in [3.05, 3.63) is 29.8 Å². The standard InChI is InChI=1S/C18H28N2O3.ClH/c1-22-14-13-19-11-12-20-18(21)15-7-9-17(10-8-15)23-16-5-3-2-4-6-16;/h7-10,16,19H,2-6,11-14H2,1H3,(H,20,21);1H. The van der Waals surface area contributed by atoms with Gasteiger partial charge < -0.3 is 20.1 Å². The fraction of sp³-hybridized carbons (Fsp3) is 0.611. The van der Waals surface area contributed by atoms with E-state index < -0.39 is 0 Å². The zero-order chi connectivity index (χ0) is 16.3. The van der Waals surface area contributed by atoms with Crippen LogP contribution >= 0.6 is 12.4 Å². The Kier molecular flexibility index (Phi) is 10.5. The van der Waals surface area contributed by atoms with Crippen LogP contribution in [0, 0.1) is 0 Å². The van der Waals surface area contributed by atoms with Crippen molar-refractivity contribution in [2.24, 2.45) is 0 Å². The van der Waals surface area contributed by atoms with Crippen LogP contribution in [0.1, 0.15) is 42.5 Å².